The van der Waals surface area contributed by atoms with Crippen LogP contribution in [0.4, 0.5) is 0 Å². The van der Waals surface area contributed by atoms with Gasteiger partial charge in [0.15, 0.2) is 17.0 Å². The molecule has 13 nitrogen and oxygen atoms in total. The van der Waals surface area contributed by atoms with Crippen molar-refractivity contribution in [3.05, 3.63) is 181 Å². The van der Waals surface area contributed by atoms with Crippen LogP contribution >= 0.6 is 0 Å². The molecule has 2 amide bonds. The second-order valence-corrected chi connectivity index (χ2v) is 16.1. The molecule has 4 heterocycles. The van der Waals surface area contributed by atoms with E-state index in [2.05, 4.69) is 25.6 Å². The number of benzene rings is 4. The van der Waals surface area contributed by atoms with E-state index in [1.165, 1.54) is 18.3 Å². The van der Waals surface area contributed by atoms with Crippen LogP contribution in [0.15, 0.2) is 182 Å². The quantitative estimate of drug-likeness (QED) is 0.165. The van der Waals surface area contributed by atoms with Crippen molar-refractivity contribution in [2.75, 3.05) is 0 Å². The summed E-state index contributed by atoms with van der Waals surface area (Å²) < 4.78 is 57.6. The van der Waals surface area contributed by atoms with Crippen LogP contribution in [-0.4, -0.2) is 48.0 Å². The smallest absolute Gasteiger partial charge is 0.287 e. The van der Waals surface area contributed by atoms with Gasteiger partial charge in [-0.3, -0.25) is 14.6 Å². The first-order valence-electron chi connectivity index (χ1n) is 17.1. The Morgan fingerprint density at radius 2 is 1.12 bits per heavy atom. The van der Waals surface area contributed by atoms with E-state index < -0.39 is 19.7 Å². The molecule has 4 aromatic heterocycles. The second-order valence-electron chi connectivity index (χ2n) is 12.2. The molecular formula is C41H32N6O7S2. The molecule has 0 radical (unpaired) electrons. The molecule has 2 N–H and O–H groups in total. The predicted octanol–water partition coefficient (Wildman–Crippen LogP) is 6.08. The molecule has 4 aromatic carbocycles. The maximum atomic E-state index is 12.6. The van der Waals surface area contributed by atoms with E-state index in [1.54, 1.807) is 144 Å². The van der Waals surface area contributed by atoms with Gasteiger partial charge in [0.1, 0.15) is 11.2 Å². The number of hydrogen-bond donors (Lipinski definition) is 2. The summed E-state index contributed by atoms with van der Waals surface area (Å²) in [6.07, 6.45) is 8.12. The molecule has 0 unspecified atom stereocenters. The average Bonchev–Trinajstić information content (AvgIpc) is 3.91. The lowest BCUT2D eigenvalue weighted by Crippen LogP contribution is -2.24. The summed E-state index contributed by atoms with van der Waals surface area (Å²) in [6, 6.07) is 34.5. The van der Waals surface area contributed by atoms with Crippen molar-refractivity contribution in [3.8, 4) is 0 Å². The maximum Gasteiger partial charge on any atom is 0.287 e. The number of carbonyl (C=O) groups is 2. The lowest BCUT2D eigenvalue weighted by molar-refractivity contribution is 0.0922. The number of hydrogen-bond acceptors (Lipinski definition) is 10. The van der Waals surface area contributed by atoms with Gasteiger partial charge in [0, 0.05) is 43.9 Å². The fourth-order valence-corrected chi connectivity index (χ4v) is 8.08. The van der Waals surface area contributed by atoms with Crippen LogP contribution < -0.4 is 10.6 Å². The molecule has 8 rings (SSSR count). The lowest BCUT2D eigenvalue weighted by atomic mass is 10.2. The van der Waals surface area contributed by atoms with E-state index in [0.717, 1.165) is 11.1 Å². The van der Waals surface area contributed by atoms with Crippen molar-refractivity contribution in [1.29, 1.82) is 0 Å². The zero-order valence-corrected chi connectivity index (χ0v) is 31.0. The zero-order chi connectivity index (χ0) is 39.1. The van der Waals surface area contributed by atoms with Gasteiger partial charge in [-0.2, -0.15) is 0 Å². The fraction of sp³-hybridized carbons (Fsp3) is 0.0488. The minimum atomic E-state index is -3.55. The molecule has 0 aliphatic heterocycles. The molecule has 0 aliphatic rings. The Balaban J connectivity index is 0.000000172. The summed E-state index contributed by atoms with van der Waals surface area (Å²) in [6.45, 7) is 0.503. The fourth-order valence-electron chi connectivity index (χ4n) is 5.51. The van der Waals surface area contributed by atoms with Crippen molar-refractivity contribution in [2.45, 2.75) is 32.7 Å². The van der Waals surface area contributed by atoms with Gasteiger partial charge < -0.3 is 19.5 Å². The number of nitrogens with one attached hydrogen (secondary N) is 2. The van der Waals surface area contributed by atoms with Crippen LogP contribution in [0.25, 0.3) is 16.7 Å². The molecule has 0 aliphatic carbocycles. The van der Waals surface area contributed by atoms with E-state index in [-0.39, 0.29) is 55.9 Å². The van der Waals surface area contributed by atoms with E-state index in [9.17, 15) is 26.4 Å². The van der Waals surface area contributed by atoms with E-state index in [0.29, 0.717) is 16.7 Å². The standard InChI is InChI=1S/C21H16N2O4S.C20H16N4O3S/c24-21(20-13-18-19(27-20)7-4-12-22-18)23-14-15-8-10-17(11-9-15)28(25,26)16-5-2-1-3-6-16;25-20(18-14-24-11-10-21-19(24)13-22-18)23-12-15-6-8-17(9-7-15)28(26,27)16-4-2-1-3-5-16/h1-13H,14H2,(H,23,24);1-11,13-14H,12H2,(H,23,25). The van der Waals surface area contributed by atoms with Crippen molar-refractivity contribution in [1.82, 2.24) is 30.0 Å². The lowest BCUT2D eigenvalue weighted by Gasteiger charge is -2.08. The van der Waals surface area contributed by atoms with Crippen LogP contribution in [0.2, 0.25) is 0 Å². The molecular weight excluding hydrogens is 753 g/mol. The summed E-state index contributed by atoms with van der Waals surface area (Å²) in [7, 11) is -7.11. The molecule has 0 saturated carbocycles. The van der Waals surface area contributed by atoms with Gasteiger partial charge in [-0.25, -0.2) is 26.8 Å². The van der Waals surface area contributed by atoms with Crippen LogP contribution in [0.5, 0.6) is 0 Å². The third-order valence-electron chi connectivity index (χ3n) is 8.50. The first kappa shape index (κ1) is 37.3. The molecule has 8 aromatic rings. The number of nitrogens with zero attached hydrogens (tertiary/aromatic N) is 4. The molecule has 280 valence electrons. The number of fused-ring (bicyclic) bond motifs is 2. The molecule has 0 bridgehead atoms. The number of furan rings is 1. The maximum absolute atomic E-state index is 12.6. The van der Waals surface area contributed by atoms with Crippen molar-refractivity contribution in [2.24, 2.45) is 0 Å². The summed E-state index contributed by atoms with van der Waals surface area (Å²) >= 11 is 0. The van der Waals surface area contributed by atoms with Gasteiger partial charge >= 0.3 is 0 Å². The van der Waals surface area contributed by atoms with Gasteiger partial charge in [-0.15, -0.1) is 0 Å². The zero-order valence-electron chi connectivity index (χ0n) is 29.4. The predicted molar refractivity (Wildman–Crippen MR) is 206 cm³/mol. The Labute approximate surface area is 321 Å². The largest absolute Gasteiger partial charge is 0.449 e. The van der Waals surface area contributed by atoms with E-state index in [1.807, 2.05) is 0 Å². The monoisotopic (exact) mass is 784 g/mol. The summed E-state index contributed by atoms with van der Waals surface area (Å²) in [5.74, 6) is -0.507. The molecule has 0 atom stereocenters. The number of sulfone groups is 2. The number of imidazole rings is 1. The Kier molecular flexibility index (Phi) is 10.8. The summed E-state index contributed by atoms with van der Waals surface area (Å²) in [4.78, 5) is 37.8. The summed E-state index contributed by atoms with van der Waals surface area (Å²) in [5, 5.41) is 5.53. The van der Waals surface area contributed by atoms with E-state index >= 15 is 0 Å². The normalized spacial score (nSPS) is 11.4. The van der Waals surface area contributed by atoms with Crippen molar-refractivity contribution < 1.29 is 30.8 Å². The first-order chi connectivity index (χ1) is 27.1. The van der Waals surface area contributed by atoms with Gasteiger partial charge in [0.2, 0.25) is 19.7 Å². The minimum Gasteiger partial charge on any atom is -0.449 e. The van der Waals surface area contributed by atoms with Gasteiger partial charge in [0.05, 0.1) is 25.8 Å². The number of aromatic nitrogens is 4. The molecule has 15 heteroatoms. The Bertz CT molecular complexity index is 2700. The highest BCUT2D eigenvalue weighted by Crippen LogP contribution is 2.22. The highest BCUT2D eigenvalue weighted by Gasteiger charge is 2.19. The SMILES string of the molecule is O=C(NCc1ccc(S(=O)(=O)c2ccccc2)cc1)c1cc2ncccc2o1.O=C(NCc1ccc(S(=O)(=O)c2ccccc2)cc1)c1cn2ccnc2cn1. The number of amides is 2. The van der Waals surface area contributed by atoms with Crippen LogP contribution in [-0.2, 0) is 32.8 Å². The molecule has 0 spiro atoms. The molecule has 56 heavy (non-hydrogen) atoms. The van der Waals surface area contributed by atoms with Gasteiger partial charge in [-0.1, -0.05) is 60.7 Å². The number of carbonyl (C=O) groups excluding carboxylic acids is 2. The molecule has 0 fully saturated rings. The van der Waals surface area contributed by atoms with E-state index in [4.69, 9.17) is 4.42 Å². The Hall–Kier alpha value is -6.97. The Morgan fingerprint density at radius 3 is 1.68 bits per heavy atom. The third-order valence-corrected chi connectivity index (χ3v) is 12.1. The van der Waals surface area contributed by atoms with Crippen molar-refractivity contribution in [3.63, 3.8) is 0 Å². The van der Waals surface area contributed by atoms with Gasteiger partial charge in [0.25, 0.3) is 11.8 Å². The number of pyridine rings is 1. The minimum absolute atomic E-state index is 0.178. The van der Waals surface area contributed by atoms with Gasteiger partial charge in [-0.05, 0) is 71.8 Å². The second kappa shape index (κ2) is 16.2. The first-order valence-corrected chi connectivity index (χ1v) is 20.0. The summed E-state index contributed by atoms with van der Waals surface area (Å²) in [5.41, 5.74) is 3.64. The highest BCUT2D eigenvalue weighted by molar-refractivity contribution is 7.91. The third kappa shape index (κ3) is 8.38. The highest BCUT2D eigenvalue weighted by atomic mass is 32.2. The number of rotatable bonds is 10. The topological polar surface area (TPSA) is 183 Å². The molecule has 0 saturated heterocycles. The van der Waals surface area contributed by atoms with Crippen LogP contribution in [0, 0.1) is 0 Å². The average molecular weight is 785 g/mol. The Morgan fingerprint density at radius 1 is 0.589 bits per heavy atom. The van der Waals surface area contributed by atoms with Crippen LogP contribution in [0.3, 0.4) is 0 Å². The van der Waals surface area contributed by atoms with Crippen molar-refractivity contribution >= 4 is 48.2 Å². The van der Waals surface area contributed by atoms with Crippen LogP contribution in [0.1, 0.15) is 32.2 Å².